The van der Waals surface area contributed by atoms with Crippen LogP contribution < -0.4 is 5.32 Å². The maximum absolute atomic E-state index is 13.9. The number of nitrogens with one attached hydrogen (secondary N) is 1. The first kappa shape index (κ1) is 27.8. The van der Waals surface area contributed by atoms with Crippen LogP contribution >= 0.6 is 0 Å². The number of methoxy groups -OCH3 is 1. The molecule has 39 heavy (non-hydrogen) atoms. The van der Waals surface area contributed by atoms with Gasteiger partial charge in [-0.15, -0.1) is 0 Å². The average molecular weight is 520 g/mol. The van der Waals surface area contributed by atoms with Crippen molar-refractivity contribution in [1.82, 2.24) is 5.32 Å². The Morgan fingerprint density at radius 1 is 0.667 bits per heavy atom. The normalized spacial score (nSPS) is 12.4. The first-order valence-corrected chi connectivity index (χ1v) is 13.4. The Kier molecular flexibility index (Phi) is 8.65. The lowest BCUT2D eigenvalue weighted by atomic mass is 9.67. The molecule has 4 rings (SSSR count). The molecule has 0 radical (unpaired) electrons. The molecular formula is C35H37NO3. The second-order valence-electron chi connectivity index (χ2n) is 11.0. The predicted octanol–water partition coefficient (Wildman–Crippen LogP) is 6.61. The molecule has 1 N–H and O–H groups in total. The maximum atomic E-state index is 13.9. The minimum Gasteiger partial charge on any atom is -0.467 e. The zero-order valence-electron chi connectivity index (χ0n) is 23.2. The summed E-state index contributed by atoms with van der Waals surface area (Å²) in [5.74, 6) is -0.693. The van der Waals surface area contributed by atoms with Gasteiger partial charge in [0.25, 0.3) is 0 Å². The van der Waals surface area contributed by atoms with Gasteiger partial charge in [0.2, 0.25) is 5.91 Å². The van der Waals surface area contributed by atoms with Crippen molar-refractivity contribution in [2.45, 2.75) is 50.5 Å². The molecule has 0 aromatic heterocycles. The van der Waals surface area contributed by atoms with E-state index in [0.717, 1.165) is 22.3 Å². The molecule has 0 heterocycles. The number of benzene rings is 4. The van der Waals surface area contributed by atoms with Crippen LogP contribution in [-0.4, -0.2) is 25.0 Å². The van der Waals surface area contributed by atoms with Crippen LogP contribution in [0.25, 0.3) is 0 Å². The molecule has 4 aromatic carbocycles. The van der Waals surface area contributed by atoms with Crippen LogP contribution in [-0.2, 0) is 31.6 Å². The Morgan fingerprint density at radius 2 is 1.10 bits per heavy atom. The number of carbonyl (C=O) groups excluding carboxylic acids is 2. The quantitative estimate of drug-likeness (QED) is 0.200. The largest absolute Gasteiger partial charge is 0.467 e. The van der Waals surface area contributed by atoms with Crippen LogP contribution in [0.4, 0.5) is 0 Å². The Balaban J connectivity index is 1.69. The van der Waals surface area contributed by atoms with Crippen molar-refractivity contribution < 1.29 is 14.3 Å². The highest BCUT2D eigenvalue weighted by Gasteiger charge is 2.39. The molecule has 0 aliphatic carbocycles. The number of carbonyl (C=O) groups is 2. The fourth-order valence-corrected chi connectivity index (χ4v) is 5.17. The number of hydrogen-bond acceptors (Lipinski definition) is 3. The van der Waals surface area contributed by atoms with Gasteiger partial charge in [0.15, 0.2) is 0 Å². The molecule has 0 aliphatic rings. The third-order valence-electron chi connectivity index (χ3n) is 7.31. The number of rotatable bonds is 9. The second kappa shape index (κ2) is 12.1. The SMILES string of the molecule is COC(=O)[C@H](Cc1ccc(C(C)(C)C)cc1)NC(=O)CC(c1ccccc1)(c1ccccc1)c1ccccc1. The van der Waals surface area contributed by atoms with Crippen molar-refractivity contribution in [2.75, 3.05) is 7.11 Å². The van der Waals surface area contributed by atoms with Crippen molar-refractivity contribution in [1.29, 1.82) is 0 Å². The fraction of sp³-hybridized carbons (Fsp3) is 0.257. The molecule has 1 amide bonds. The molecule has 1 atom stereocenters. The smallest absolute Gasteiger partial charge is 0.328 e. The van der Waals surface area contributed by atoms with E-state index in [1.807, 2.05) is 66.7 Å². The van der Waals surface area contributed by atoms with Crippen LogP contribution in [0.2, 0.25) is 0 Å². The van der Waals surface area contributed by atoms with Crippen LogP contribution in [0, 0.1) is 0 Å². The summed E-state index contributed by atoms with van der Waals surface area (Å²) in [6.45, 7) is 6.49. The topological polar surface area (TPSA) is 55.4 Å². The molecule has 0 unspecified atom stereocenters. The van der Waals surface area contributed by atoms with E-state index in [0.29, 0.717) is 6.42 Å². The average Bonchev–Trinajstić information content (AvgIpc) is 2.96. The Bertz CT molecular complexity index is 1260. The highest BCUT2D eigenvalue weighted by molar-refractivity contribution is 5.86. The van der Waals surface area contributed by atoms with Gasteiger partial charge in [-0.1, -0.05) is 136 Å². The van der Waals surface area contributed by atoms with Gasteiger partial charge in [-0.2, -0.15) is 0 Å². The zero-order valence-corrected chi connectivity index (χ0v) is 23.2. The monoisotopic (exact) mass is 519 g/mol. The van der Waals surface area contributed by atoms with Crippen molar-refractivity contribution >= 4 is 11.9 Å². The van der Waals surface area contributed by atoms with E-state index in [1.165, 1.54) is 12.7 Å². The summed E-state index contributed by atoms with van der Waals surface area (Å²) in [4.78, 5) is 26.7. The van der Waals surface area contributed by atoms with Gasteiger partial charge in [-0.3, -0.25) is 4.79 Å². The van der Waals surface area contributed by atoms with E-state index in [4.69, 9.17) is 4.74 Å². The van der Waals surface area contributed by atoms with E-state index >= 15 is 0 Å². The van der Waals surface area contributed by atoms with Gasteiger partial charge < -0.3 is 10.1 Å². The Morgan fingerprint density at radius 3 is 1.49 bits per heavy atom. The minimum atomic E-state index is -0.803. The Hall–Kier alpha value is -4.18. The predicted molar refractivity (Wildman–Crippen MR) is 157 cm³/mol. The summed E-state index contributed by atoms with van der Waals surface area (Å²) in [5, 5.41) is 3.01. The molecule has 0 spiro atoms. The molecule has 4 aromatic rings. The van der Waals surface area contributed by atoms with Crippen molar-refractivity contribution in [2.24, 2.45) is 0 Å². The summed E-state index contributed by atoms with van der Waals surface area (Å²) in [6, 6.07) is 37.6. The van der Waals surface area contributed by atoms with E-state index in [1.54, 1.807) is 0 Å². The van der Waals surface area contributed by atoms with Gasteiger partial charge in [0.1, 0.15) is 6.04 Å². The summed E-state index contributed by atoms with van der Waals surface area (Å²) >= 11 is 0. The third-order valence-corrected chi connectivity index (χ3v) is 7.31. The number of hydrogen-bond donors (Lipinski definition) is 1. The summed E-state index contributed by atoms with van der Waals surface area (Å²) < 4.78 is 5.09. The van der Waals surface area contributed by atoms with E-state index in [-0.39, 0.29) is 17.7 Å². The lowest BCUT2D eigenvalue weighted by Crippen LogP contribution is -2.46. The van der Waals surface area contributed by atoms with Crippen molar-refractivity contribution in [3.05, 3.63) is 143 Å². The van der Waals surface area contributed by atoms with Crippen LogP contribution in [0.1, 0.15) is 55.0 Å². The van der Waals surface area contributed by atoms with Crippen LogP contribution in [0.3, 0.4) is 0 Å². The molecule has 4 heteroatoms. The first-order valence-electron chi connectivity index (χ1n) is 13.4. The van der Waals surface area contributed by atoms with Crippen LogP contribution in [0.5, 0.6) is 0 Å². The summed E-state index contributed by atoms with van der Waals surface area (Å²) in [5.41, 5.74) is 4.47. The van der Waals surface area contributed by atoms with Gasteiger partial charge in [-0.25, -0.2) is 4.79 Å². The zero-order chi connectivity index (χ0) is 27.9. The number of esters is 1. The molecule has 0 fully saturated rings. The second-order valence-corrected chi connectivity index (χ2v) is 11.0. The van der Waals surface area contributed by atoms with Gasteiger partial charge >= 0.3 is 5.97 Å². The van der Waals surface area contributed by atoms with Crippen molar-refractivity contribution in [3.63, 3.8) is 0 Å². The first-order chi connectivity index (χ1) is 18.7. The molecule has 0 saturated carbocycles. The molecule has 0 saturated heterocycles. The summed E-state index contributed by atoms with van der Waals surface area (Å²) in [7, 11) is 1.35. The molecule has 0 bridgehead atoms. The maximum Gasteiger partial charge on any atom is 0.328 e. The molecule has 0 aliphatic heterocycles. The fourth-order valence-electron chi connectivity index (χ4n) is 5.17. The van der Waals surface area contributed by atoms with Gasteiger partial charge in [-0.05, 0) is 33.2 Å². The lowest BCUT2D eigenvalue weighted by Gasteiger charge is -2.36. The highest BCUT2D eigenvalue weighted by Crippen LogP contribution is 2.42. The molecule has 4 nitrogen and oxygen atoms in total. The molecule has 200 valence electrons. The van der Waals surface area contributed by atoms with Gasteiger partial charge in [0.05, 0.1) is 12.5 Å². The summed E-state index contributed by atoms with van der Waals surface area (Å²) in [6.07, 6.45) is 0.472. The van der Waals surface area contributed by atoms with Crippen LogP contribution in [0.15, 0.2) is 115 Å². The third kappa shape index (κ3) is 6.46. The number of ether oxygens (including phenoxy) is 1. The lowest BCUT2D eigenvalue weighted by molar-refractivity contribution is -0.145. The Labute approximate surface area is 232 Å². The molecular weight excluding hydrogens is 482 g/mol. The van der Waals surface area contributed by atoms with E-state index in [9.17, 15) is 9.59 Å². The van der Waals surface area contributed by atoms with Crippen molar-refractivity contribution in [3.8, 4) is 0 Å². The van der Waals surface area contributed by atoms with E-state index < -0.39 is 17.4 Å². The van der Waals surface area contributed by atoms with Gasteiger partial charge in [0, 0.05) is 12.8 Å². The minimum absolute atomic E-state index is 0.0319. The van der Waals surface area contributed by atoms with E-state index in [2.05, 4.69) is 74.6 Å². The standard InChI is InChI=1S/C35H37NO3/c1-34(2,3)27-22-20-26(21-23-27)24-31(33(38)39-4)36-32(37)25-35(28-14-8-5-9-15-28,29-16-10-6-11-17-29)30-18-12-7-13-19-30/h5-23,31H,24-25H2,1-4H3,(H,36,37)/t31-/m0/s1. The highest BCUT2D eigenvalue weighted by atomic mass is 16.5. The number of amides is 1.